The van der Waals surface area contributed by atoms with Gasteiger partial charge < -0.3 is 73.6 Å². The van der Waals surface area contributed by atoms with Gasteiger partial charge in [-0.25, -0.2) is 0 Å². The lowest BCUT2D eigenvalue weighted by Gasteiger charge is -2.71. The maximum atomic E-state index is 13.3. The fraction of sp³-hybridized carbons (Fsp3) is 0.836. The van der Waals surface area contributed by atoms with Crippen LogP contribution < -0.4 is 0 Å². The number of fused-ring (bicyclic) bond motifs is 8. The molecule has 24 atom stereocenters. The summed E-state index contributed by atoms with van der Waals surface area (Å²) in [6.07, 6.45) is -10.1. The fourth-order valence-electron chi connectivity index (χ4n) is 16.3. The van der Waals surface area contributed by atoms with Crippen molar-refractivity contribution in [2.45, 2.75) is 231 Å². The minimum Gasteiger partial charge on any atom is -0.481 e. The first-order valence-corrected chi connectivity index (χ1v) is 26.6. The van der Waals surface area contributed by atoms with Crippen molar-refractivity contribution < 1.29 is 78.4 Å². The van der Waals surface area contributed by atoms with Crippen LogP contribution in [-0.2, 0) is 42.7 Å². The Morgan fingerprint density at radius 3 is 1.90 bits per heavy atom. The SMILES string of the molecule is C[C@@H]1O[C@@H](O[C@H]2[C@H]3O[C@H](c4ccccc4)OC[C@H]3O[C@@H](O[C@H]3CC[C@]4(C)[C@H]5CC=C6[C@@H]7CC(C)(C)CC[C@]7(C(=O)O)CC[C@@]6(C)[C@]5(C)CC[C@H]4C3(C)C)[C@@H]2O[C@@H]2O[C@@H](C)[C@H](O)[C@@H](O)[C@H]2O)[C@H](O)[C@H](O)[C@H]1O. The molecule has 0 radical (unpaired) electrons. The summed E-state index contributed by atoms with van der Waals surface area (Å²) in [4.78, 5) is 13.3. The van der Waals surface area contributed by atoms with Crippen molar-refractivity contribution in [3.05, 3.63) is 47.5 Å². The van der Waals surface area contributed by atoms with Crippen molar-refractivity contribution in [2.24, 2.45) is 50.2 Å². The Labute approximate surface area is 418 Å². The molecule has 4 saturated heterocycles. The predicted octanol–water partition coefficient (Wildman–Crippen LogP) is 5.52. The Bertz CT molecular complexity index is 2140. The van der Waals surface area contributed by atoms with Crippen LogP contribution in [0.5, 0.6) is 0 Å². The van der Waals surface area contributed by atoms with Crippen molar-refractivity contribution in [3.8, 4) is 0 Å². The number of ether oxygens (including phenoxy) is 8. The molecule has 0 aromatic heterocycles. The van der Waals surface area contributed by atoms with E-state index < -0.39 is 121 Å². The van der Waals surface area contributed by atoms with Crippen LogP contribution in [0.4, 0.5) is 0 Å². The molecule has 4 saturated carbocycles. The maximum absolute atomic E-state index is 13.3. The Balaban J connectivity index is 0.972. The van der Waals surface area contributed by atoms with Gasteiger partial charge in [-0.3, -0.25) is 4.79 Å². The van der Waals surface area contributed by atoms with Crippen molar-refractivity contribution in [2.75, 3.05) is 6.61 Å². The van der Waals surface area contributed by atoms with Gasteiger partial charge in [-0.2, -0.15) is 0 Å². The van der Waals surface area contributed by atoms with Crippen LogP contribution in [-0.4, -0.2) is 147 Å². The number of rotatable bonds is 8. The number of aliphatic carboxylic acids is 1. The van der Waals surface area contributed by atoms with Gasteiger partial charge in [-0.15, -0.1) is 0 Å². The minimum atomic E-state index is -1.70. The highest BCUT2D eigenvalue weighted by atomic mass is 16.8. The third kappa shape index (κ3) is 8.34. The molecule has 8 fully saturated rings. The number of aliphatic hydroxyl groups excluding tert-OH is 6. The van der Waals surface area contributed by atoms with E-state index in [1.165, 1.54) is 5.57 Å². The van der Waals surface area contributed by atoms with E-state index in [2.05, 4.69) is 54.5 Å². The highest BCUT2D eigenvalue weighted by Crippen LogP contribution is 2.76. The quantitative estimate of drug-likeness (QED) is 0.126. The molecule has 16 nitrogen and oxygen atoms in total. The second kappa shape index (κ2) is 18.6. The molecule has 4 aliphatic heterocycles. The first-order valence-electron chi connectivity index (χ1n) is 26.6. The molecule has 4 heterocycles. The van der Waals surface area contributed by atoms with Crippen molar-refractivity contribution >= 4 is 5.97 Å². The highest BCUT2D eigenvalue weighted by Gasteiger charge is 2.70. The monoisotopic (exact) mass is 999 g/mol. The average molecular weight is 999 g/mol. The Hall–Kier alpha value is -2.13. The second-order valence-electron chi connectivity index (χ2n) is 25.4. The summed E-state index contributed by atoms with van der Waals surface area (Å²) in [6, 6.07) is 9.34. The molecule has 1 aromatic carbocycles. The van der Waals surface area contributed by atoms with Crippen LogP contribution in [0.15, 0.2) is 42.0 Å². The van der Waals surface area contributed by atoms with Crippen molar-refractivity contribution in [3.63, 3.8) is 0 Å². The number of hydrogen-bond acceptors (Lipinski definition) is 15. The summed E-state index contributed by atoms with van der Waals surface area (Å²) in [5.74, 6) is -0.0394. The van der Waals surface area contributed by atoms with E-state index in [1.807, 2.05) is 30.3 Å². The largest absolute Gasteiger partial charge is 0.481 e. The number of benzene rings is 1. The van der Waals surface area contributed by atoms with Crippen molar-refractivity contribution in [1.82, 2.24) is 0 Å². The number of allylic oxidation sites excluding steroid dienone is 2. The van der Waals surface area contributed by atoms with Gasteiger partial charge in [-0.05, 0) is 123 Å². The van der Waals surface area contributed by atoms with E-state index in [9.17, 15) is 40.5 Å². The number of hydrogen-bond donors (Lipinski definition) is 7. The van der Waals surface area contributed by atoms with Crippen LogP contribution in [0.2, 0.25) is 0 Å². The summed E-state index contributed by atoms with van der Waals surface area (Å²) in [5, 5.41) is 77.0. The van der Waals surface area contributed by atoms with Gasteiger partial charge in [0.15, 0.2) is 25.2 Å². The first kappa shape index (κ1) is 52.3. The normalized spacial score (nSPS) is 52.4. The van der Waals surface area contributed by atoms with Gasteiger partial charge in [0, 0.05) is 5.56 Å². The van der Waals surface area contributed by atoms with Crippen LogP contribution in [0.3, 0.4) is 0 Å². The van der Waals surface area contributed by atoms with Crippen LogP contribution in [0.1, 0.15) is 138 Å². The van der Waals surface area contributed by atoms with Gasteiger partial charge in [0.1, 0.15) is 61.0 Å². The van der Waals surface area contributed by atoms with Crippen molar-refractivity contribution in [1.29, 1.82) is 0 Å². The molecule has 0 spiro atoms. The topological polar surface area (TPSA) is 233 Å². The predicted molar refractivity (Wildman–Crippen MR) is 255 cm³/mol. The van der Waals surface area contributed by atoms with E-state index in [1.54, 1.807) is 13.8 Å². The summed E-state index contributed by atoms with van der Waals surface area (Å²) in [7, 11) is 0. The lowest BCUT2D eigenvalue weighted by molar-refractivity contribution is -0.420. The van der Waals surface area contributed by atoms with Gasteiger partial charge in [0.25, 0.3) is 0 Å². The number of aliphatic hydroxyl groups is 6. The summed E-state index contributed by atoms with van der Waals surface area (Å²) in [5.41, 5.74) is 0.790. The molecular weight excluding hydrogens is 917 g/mol. The third-order valence-electron chi connectivity index (χ3n) is 20.9. The minimum absolute atomic E-state index is 0.0262. The third-order valence-corrected chi connectivity index (χ3v) is 20.9. The van der Waals surface area contributed by atoms with E-state index >= 15 is 0 Å². The molecule has 16 heteroatoms. The zero-order valence-corrected chi connectivity index (χ0v) is 43.1. The van der Waals surface area contributed by atoms with E-state index in [0.29, 0.717) is 18.8 Å². The maximum Gasteiger partial charge on any atom is 0.310 e. The summed E-state index contributed by atoms with van der Waals surface area (Å²) in [6.45, 7) is 19.8. The molecule has 1 aromatic rings. The molecule has 71 heavy (non-hydrogen) atoms. The Kier molecular flexibility index (Phi) is 13.7. The molecule has 5 aliphatic carbocycles. The van der Waals surface area contributed by atoms with Gasteiger partial charge in [0.05, 0.1) is 30.3 Å². The zero-order valence-electron chi connectivity index (χ0n) is 43.1. The fourth-order valence-corrected chi connectivity index (χ4v) is 16.3. The van der Waals surface area contributed by atoms with Gasteiger partial charge in [-0.1, -0.05) is 90.4 Å². The Morgan fingerprint density at radius 1 is 0.648 bits per heavy atom. The molecule has 398 valence electrons. The summed E-state index contributed by atoms with van der Waals surface area (Å²) < 4.78 is 52.7. The highest BCUT2D eigenvalue weighted by molar-refractivity contribution is 5.76. The average Bonchev–Trinajstić information content (AvgIpc) is 3.32. The van der Waals surface area contributed by atoms with E-state index in [-0.39, 0.29) is 40.1 Å². The molecule has 0 unspecified atom stereocenters. The van der Waals surface area contributed by atoms with E-state index in [4.69, 9.17) is 37.9 Å². The molecular formula is C55H82O16. The summed E-state index contributed by atoms with van der Waals surface area (Å²) >= 11 is 0. The Morgan fingerprint density at radius 2 is 1.27 bits per heavy atom. The smallest absolute Gasteiger partial charge is 0.310 e. The second-order valence-corrected chi connectivity index (χ2v) is 25.4. The van der Waals surface area contributed by atoms with Gasteiger partial charge >= 0.3 is 5.97 Å². The van der Waals surface area contributed by atoms with E-state index in [0.717, 1.165) is 56.9 Å². The zero-order chi connectivity index (χ0) is 51.0. The first-order chi connectivity index (χ1) is 33.4. The number of carbonyl (C=O) groups is 1. The molecule has 7 N–H and O–H groups in total. The molecule has 0 bridgehead atoms. The van der Waals surface area contributed by atoms with Crippen LogP contribution in [0.25, 0.3) is 0 Å². The van der Waals surface area contributed by atoms with Crippen LogP contribution >= 0.6 is 0 Å². The number of carboxylic acids is 1. The number of carboxylic acid groups (broad SMARTS) is 1. The standard InChI is InChI=1S/C55H82O16/c1-27-36(56)38(58)40(60)46(65-27)70-43-42-32(26-64-45(69-42)29-13-11-10-12-14-29)67-48(44(43)71-47-41(61)39(59)37(57)28(2)66-47)68-35-18-19-52(7)33(51(35,5)6)17-20-54(9)34(52)16-15-30-31-25-50(3,4)21-23-55(31,49(62)63)24-22-53(30,54)8/h10-15,27-28,31-48,56-61H,16-26H2,1-9H3,(H,62,63)/t27-,28-,31-,32+,33-,34+,35-,36-,37-,38+,39+,40+,41+,42-,43-,44+,45+,46-,47-,48-,52-,53+,54+,55-/m0/s1. The lowest BCUT2D eigenvalue weighted by atomic mass is 9.33. The molecule has 9 aliphatic rings. The molecule has 10 rings (SSSR count). The van der Waals surface area contributed by atoms with Crippen LogP contribution in [0, 0.1) is 50.2 Å². The van der Waals surface area contributed by atoms with Gasteiger partial charge in [0.2, 0.25) is 0 Å². The molecule has 0 amide bonds. The lowest BCUT2D eigenvalue weighted by Crippen LogP contribution is -2.69.